The Morgan fingerprint density at radius 1 is 1.02 bits per heavy atom. The molecular formula is C31H32FN5O4S. The van der Waals surface area contributed by atoms with E-state index in [9.17, 15) is 17.6 Å². The molecule has 9 nitrogen and oxygen atoms in total. The van der Waals surface area contributed by atoms with Gasteiger partial charge in [0.05, 0.1) is 24.1 Å². The predicted molar refractivity (Wildman–Crippen MR) is 155 cm³/mol. The van der Waals surface area contributed by atoms with Crippen LogP contribution in [0.15, 0.2) is 53.7 Å². The van der Waals surface area contributed by atoms with Crippen LogP contribution in [0.1, 0.15) is 55.7 Å². The van der Waals surface area contributed by atoms with Gasteiger partial charge < -0.3 is 10.1 Å². The zero-order valence-electron chi connectivity index (χ0n) is 23.5. The summed E-state index contributed by atoms with van der Waals surface area (Å²) in [5.74, 6) is 0.656. The van der Waals surface area contributed by atoms with Crippen molar-refractivity contribution in [3.8, 4) is 11.4 Å². The maximum Gasteiger partial charge on any atom is 0.311 e. The van der Waals surface area contributed by atoms with E-state index in [1.807, 2.05) is 13.0 Å². The molecule has 4 aliphatic carbocycles. The number of nitrogens with zero attached hydrogens (tertiary/aromatic N) is 4. The molecule has 0 radical (unpaired) electrons. The summed E-state index contributed by atoms with van der Waals surface area (Å²) in [7, 11) is -2.61. The summed E-state index contributed by atoms with van der Waals surface area (Å²) in [6.07, 6.45) is 8.53. The number of anilines is 1. The number of pyridine rings is 1. The van der Waals surface area contributed by atoms with Crippen molar-refractivity contribution in [2.24, 2.45) is 17.8 Å². The van der Waals surface area contributed by atoms with E-state index in [0.29, 0.717) is 22.7 Å². The highest BCUT2D eigenvalue weighted by atomic mass is 32.2. The van der Waals surface area contributed by atoms with Crippen LogP contribution in [0.4, 0.5) is 10.2 Å². The van der Waals surface area contributed by atoms with Crippen molar-refractivity contribution in [2.75, 3.05) is 12.4 Å². The van der Waals surface area contributed by atoms with Crippen molar-refractivity contribution in [3.05, 3.63) is 65.9 Å². The Labute approximate surface area is 243 Å². The molecule has 3 aromatic heterocycles. The Kier molecular flexibility index (Phi) is 6.52. The van der Waals surface area contributed by atoms with E-state index in [0.717, 1.165) is 60.0 Å². The first-order chi connectivity index (χ1) is 20.2. The number of fused-ring (bicyclic) bond motifs is 4. The fourth-order valence-electron chi connectivity index (χ4n) is 6.79. The molecule has 4 aliphatic rings. The largest absolute Gasteiger partial charge is 0.469 e. The third kappa shape index (κ3) is 4.63. The summed E-state index contributed by atoms with van der Waals surface area (Å²) < 4.78 is 48.3. The molecule has 4 fully saturated rings. The van der Waals surface area contributed by atoms with Gasteiger partial charge in [0.2, 0.25) is 0 Å². The standard InChI is InChI=1S/C31H32FN5O4S/c1-17-3-11-22(12-4-17)42(39,40)37-16-24(23-13-21(32)15-33-30(23)37)29-34-25(18-5-6-18)14-26(36-29)35-28-20-9-7-19(8-10-20)27(28)31(38)41-2/h3-4,11-16,18-20,27-28H,5-10H2,1-2H3,(H,34,35,36). The van der Waals surface area contributed by atoms with Crippen LogP contribution in [0, 0.1) is 30.5 Å². The Balaban J connectivity index is 1.34. The van der Waals surface area contributed by atoms with E-state index in [1.165, 1.54) is 19.4 Å². The minimum atomic E-state index is -4.05. The smallest absolute Gasteiger partial charge is 0.311 e. The first-order valence-electron chi connectivity index (χ1n) is 14.5. The lowest BCUT2D eigenvalue weighted by molar-refractivity contribution is -0.152. The lowest BCUT2D eigenvalue weighted by Crippen LogP contribution is -2.51. The number of ether oxygens (including phenoxy) is 1. The van der Waals surface area contributed by atoms with Gasteiger partial charge >= 0.3 is 5.97 Å². The number of nitrogens with one attached hydrogen (secondary N) is 1. The van der Waals surface area contributed by atoms with Gasteiger partial charge in [0, 0.05) is 40.9 Å². The summed E-state index contributed by atoms with van der Waals surface area (Å²) in [4.78, 5) is 26.8. The molecule has 2 unspecified atom stereocenters. The molecule has 8 rings (SSSR count). The van der Waals surface area contributed by atoms with Gasteiger partial charge in [0.25, 0.3) is 10.0 Å². The minimum absolute atomic E-state index is 0.0947. The number of rotatable bonds is 7. The molecule has 0 amide bonds. The normalized spacial score (nSPS) is 23.7. The fraction of sp³-hybridized carbons (Fsp3) is 0.419. The zero-order valence-corrected chi connectivity index (χ0v) is 24.3. The van der Waals surface area contributed by atoms with Crippen LogP contribution in [0.25, 0.3) is 22.4 Å². The molecule has 1 aromatic carbocycles. The van der Waals surface area contributed by atoms with Gasteiger partial charge in [0.15, 0.2) is 11.5 Å². The molecule has 42 heavy (non-hydrogen) atoms. The van der Waals surface area contributed by atoms with Crippen LogP contribution in [0.5, 0.6) is 0 Å². The Morgan fingerprint density at radius 2 is 1.74 bits per heavy atom. The van der Waals surface area contributed by atoms with Gasteiger partial charge in [-0.1, -0.05) is 17.7 Å². The molecule has 0 aliphatic heterocycles. The summed E-state index contributed by atoms with van der Waals surface area (Å²) in [5, 5.41) is 3.87. The monoisotopic (exact) mass is 589 g/mol. The molecular weight excluding hydrogens is 557 g/mol. The van der Waals surface area contributed by atoms with E-state index in [1.54, 1.807) is 24.3 Å². The molecule has 1 N–H and O–H groups in total. The Bertz CT molecular complexity index is 1790. The second-order valence-corrected chi connectivity index (χ2v) is 13.7. The first kappa shape index (κ1) is 27.0. The first-order valence-corrected chi connectivity index (χ1v) is 15.9. The lowest BCUT2D eigenvalue weighted by Gasteiger charge is -2.47. The van der Waals surface area contributed by atoms with Crippen molar-refractivity contribution in [3.63, 3.8) is 0 Å². The highest BCUT2D eigenvalue weighted by Crippen LogP contribution is 2.47. The van der Waals surface area contributed by atoms with Crippen LogP contribution < -0.4 is 5.32 Å². The maximum atomic E-state index is 14.5. The molecule has 0 saturated heterocycles. The second kappa shape index (κ2) is 10.1. The molecule has 2 atom stereocenters. The van der Waals surface area contributed by atoms with Crippen molar-refractivity contribution in [1.82, 2.24) is 18.9 Å². The van der Waals surface area contributed by atoms with Gasteiger partial charge in [-0.25, -0.2) is 31.7 Å². The SMILES string of the molecule is COC(=O)C1C2CCC(CC2)C1Nc1cc(C2CC2)nc(-c2cn(S(=O)(=O)c3ccc(C)cc3)c3ncc(F)cc23)n1. The number of carbonyl (C=O) groups is 1. The molecule has 11 heteroatoms. The fourth-order valence-corrected chi connectivity index (χ4v) is 8.12. The summed E-state index contributed by atoms with van der Waals surface area (Å²) in [6, 6.07) is 9.62. The van der Waals surface area contributed by atoms with Gasteiger partial charge in [-0.05, 0) is 75.5 Å². The number of hydrogen-bond donors (Lipinski definition) is 1. The van der Waals surface area contributed by atoms with Crippen molar-refractivity contribution in [2.45, 2.75) is 62.3 Å². The molecule has 3 heterocycles. The van der Waals surface area contributed by atoms with E-state index >= 15 is 0 Å². The third-order valence-corrected chi connectivity index (χ3v) is 10.8. The van der Waals surface area contributed by atoms with Gasteiger partial charge in [-0.15, -0.1) is 0 Å². The van der Waals surface area contributed by atoms with Crippen LogP contribution in [-0.4, -0.2) is 46.5 Å². The van der Waals surface area contributed by atoms with Crippen LogP contribution in [-0.2, 0) is 19.6 Å². The predicted octanol–water partition coefficient (Wildman–Crippen LogP) is 5.44. The average Bonchev–Trinajstić information content (AvgIpc) is 3.78. The van der Waals surface area contributed by atoms with E-state index in [2.05, 4.69) is 10.3 Å². The Hall–Kier alpha value is -3.86. The van der Waals surface area contributed by atoms with E-state index < -0.39 is 15.8 Å². The van der Waals surface area contributed by atoms with Gasteiger partial charge in [0.1, 0.15) is 11.6 Å². The van der Waals surface area contributed by atoms with Gasteiger partial charge in [-0.3, -0.25) is 4.79 Å². The number of benzene rings is 1. The summed E-state index contributed by atoms with van der Waals surface area (Å²) in [5.41, 5.74) is 2.23. The number of hydrogen-bond acceptors (Lipinski definition) is 8. The van der Waals surface area contributed by atoms with Crippen molar-refractivity contribution < 1.29 is 22.3 Å². The number of aromatic nitrogens is 4. The van der Waals surface area contributed by atoms with Crippen LogP contribution >= 0.6 is 0 Å². The maximum absolute atomic E-state index is 14.5. The van der Waals surface area contributed by atoms with Crippen LogP contribution in [0.2, 0.25) is 0 Å². The number of aryl methyl sites for hydroxylation is 1. The number of halogens is 1. The average molecular weight is 590 g/mol. The van der Waals surface area contributed by atoms with Gasteiger partial charge in [-0.2, -0.15) is 0 Å². The third-order valence-electron chi connectivity index (χ3n) is 9.15. The minimum Gasteiger partial charge on any atom is -0.469 e. The zero-order chi connectivity index (χ0) is 29.2. The molecule has 4 saturated carbocycles. The Morgan fingerprint density at radius 3 is 2.43 bits per heavy atom. The number of methoxy groups -OCH3 is 1. The molecule has 218 valence electrons. The van der Waals surface area contributed by atoms with Crippen LogP contribution in [0.3, 0.4) is 0 Å². The quantitative estimate of drug-likeness (QED) is 0.283. The second-order valence-electron chi connectivity index (χ2n) is 11.9. The number of esters is 1. The highest BCUT2D eigenvalue weighted by Gasteiger charge is 2.48. The van der Waals surface area contributed by atoms with E-state index in [4.69, 9.17) is 14.7 Å². The molecule has 4 aromatic rings. The lowest BCUT2D eigenvalue weighted by atomic mass is 9.61. The number of carbonyl (C=O) groups excluding carboxylic acids is 1. The van der Waals surface area contributed by atoms with E-state index in [-0.39, 0.29) is 46.1 Å². The summed E-state index contributed by atoms with van der Waals surface area (Å²) in [6.45, 7) is 1.88. The summed E-state index contributed by atoms with van der Waals surface area (Å²) >= 11 is 0. The highest BCUT2D eigenvalue weighted by molar-refractivity contribution is 7.90. The topological polar surface area (TPSA) is 116 Å². The van der Waals surface area contributed by atoms with Crippen molar-refractivity contribution in [1.29, 1.82) is 0 Å². The molecule has 2 bridgehead atoms. The van der Waals surface area contributed by atoms with Crippen molar-refractivity contribution >= 4 is 32.8 Å². The molecule has 0 spiro atoms.